The molecule has 3 aromatic carbocycles. The third-order valence-corrected chi connectivity index (χ3v) is 6.94. The molecule has 0 N–H and O–H groups in total. The maximum absolute atomic E-state index is 13.1. The molecule has 0 bridgehead atoms. The van der Waals surface area contributed by atoms with Crippen molar-refractivity contribution in [1.82, 2.24) is 4.90 Å². The number of esters is 1. The summed E-state index contributed by atoms with van der Waals surface area (Å²) in [6.07, 6.45) is -0.454. The lowest BCUT2D eigenvalue weighted by Gasteiger charge is -2.27. The first-order chi connectivity index (χ1) is 17.0. The Hall–Kier alpha value is -3.65. The van der Waals surface area contributed by atoms with Gasteiger partial charge in [0.1, 0.15) is 5.60 Å². The first-order valence-corrected chi connectivity index (χ1v) is 13.1. The predicted molar refractivity (Wildman–Crippen MR) is 136 cm³/mol. The molecule has 0 spiro atoms. The Morgan fingerprint density at radius 1 is 0.778 bits per heavy atom. The highest BCUT2D eigenvalue weighted by molar-refractivity contribution is 7.91. The highest BCUT2D eigenvalue weighted by Crippen LogP contribution is 2.23. The summed E-state index contributed by atoms with van der Waals surface area (Å²) in [4.78, 5) is 26.5. The number of rotatable bonds is 8. The smallest absolute Gasteiger partial charge is 0.410 e. The number of sulfone groups is 1. The van der Waals surface area contributed by atoms with Gasteiger partial charge in [-0.2, -0.15) is 0 Å². The van der Waals surface area contributed by atoms with Crippen LogP contribution in [-0.2, 0) is 32.4 Å². The lowest BCUT2D eigenvalue weighted by atomic mass is 10.1. The van der Waals surface area contributed by atoms with Crippen LogP contribution >= 0.6 is 0 Å². The molecule has 0 aliphatic heterocycles. The zero-order chi connectivity index (χ0) is 26.3. The van der Waals surface area contributed by atoms with Crippen LogP contribution in [0, 0.1) is 0 Å². The van der Waals surface area contributed by atoms with E-state index >= 15 is 0 Å². The molecule has 0 aliphatic rings. The Morgan fingerprint density at radius 2 is 1.28 bits per heavy atom. The average molecular weight is 510 g/mol. The van der Waals surface area contributed by atoms with E-state index in [9.17, 15) is 18.0 Å². The number of ether oxygens (including phenoxy) is 2. The lowest BCUT2D eigenvalue weighted by Crippen LogP contribution is -2.36. The summed E-state index contributed by atoms with van der Waals surface area (Å²) in [7, 11) is -3.79. The van der Waals surface area contributed by atoms with Crippen molar-refractivity contribution in [1.29, 1.82) is 0 Å². The Bertz CT molecular complexity index is 1280. The van der Waals surface area contributed by atoms with E-state index in [1.165, 1.54) is 36.4 Å². The van der Waals surface area contributed by atoms with Gasteiger partial charge in [-0.25, -0.2) is 18.0 Å². The number of carbonyl (C=O) groups excluding carboxylic acids is 2. The summed E-state index contributed by atoms with van der Waals surface area (Å²) in [6, 6.07) is 21.6. The second kappa shape index (κ2) is 11.4. The van der Waals surface area contributed by atoms with Gasteiger partial charge in [0.25, 0.3) is 0 Å². The highest BCUT2D eigenvalue weighted by Gasteiger charge is 2.23. The number of hydrogen-bond acceptors (Lipinski definition) is 6. The van der Waals surface area contributed by atoms with E-state index in [1.54, 1.807) is 24.0 Å². The number of hydrogen-bond donors (Lipinski definition) is 0. The summed E-state index contributed by atoms with van der Waals surface area (Å²) < 4.78 is 36.7. The van der Waals surface area contributed by atoms with Gasteiger partial charge in [-0.15, -0.1) is 0 Å². The van der Waals surface area contributed by atoms with Crippen molar-refractivity contribution in [2.75, 3.05) is 6.61 Å². The highest BCUT2D eigenvalue weighted by atomic mass is 32.2. The molecular formula is C28H31NO6S. The molecule has 0 atom stereocenters. The SMILES string of the molecule is CCOC(=O)c1ccc(S(=O)(=O)c2ccc(CN(Cc3ccccc3)C(=O)OC(C)(C)C)cc2)cc1. The molecule has 0 radical (unpaired) electrons. The molecule has 7 nitrogen and oxygen atoms in total. The van der Waals surface area contributed by atoms with Gasteiger partial charge in [0.05, 0.1) is 22.0 Å². The molecule has 0 saturated heterocycles. The van der Waals surface area contributed by atoms with Crippen LogP contribution in [0.25, 0.3) is 0 Å². The topological polar surface area (TPSA) is 90.0 Å². The van der Waals surface area contributed by atoms with Crippen molar-refractivity contribution >= 4 is 21.9 Å². The van der Waals surface area contributed by atoms with E-state index in [0.717, 1.165) is 11.1 Å². The third-order valence-electron chi connectivity index (χ3n) is 5.15. The van der Waals surface area contributed by atoms with Crippen LogP contribution in [0.1, 0.15) is 49.2 Å². The Labute approximate surface area is 212 Å². The normalized spacial score (nSPS) is 11.6. The fraction of sp³-hybridized carbons (Fsp3) is 0.286. The van der Waals surface area contributed by atoms with Crippen LogP contribution in [0.5, 0.6) is 0 Å². The van der Waals surface area contributed by atoms with Gasteiger partial charge in [0.15, 0.2) is 0 Å². The fourth-order valence-electron chi connectivity index (χ4n) is 3.43. The Balaban J connectivity index is 1.79. The van der Waals surface area contributed by atoms with Gasteiger partial charge in [-0.3, -0.25) is 4.90 Å². The maximum atomic E-state index is 13.1. The molecule has 1 amide bonds. The van der Waals surface area contributed by atoms with Crippen LogP contribution in [0.15, 0.2) is 88.7 Å². The quantitative estimate of drug-likeness (QED) is 0.366. The van der Waals surface area contributed by atoms with Crippen LogP contribution in [-0.4, -0.2) is 37.6 Å². The largest absolute Gasteiger partial charge is 0.462 e. The minimum absolute atomic E-state index is 0.0720. The summed E-state index contributed by atoms with van der Waals surface area (Å²) in [6.45, 7) is 7.97. The van der Waals surface area contributed by atoms with Crippen LogP contribution in [0.4, 0.5) is 4.79 Å². The van der Waals surface area contributed by atoms with Crippen molar-refractivity contribution in [3.63, 3.8) is 0 Å². The second-order valence-electron chi connectivity index (χ2n) is 9.21. The molecule has 190 valence electrons. The van der Waals surface area contributed by atoms with Crippen LogP contribution < -0.4 is 0 Å². The van der Waals surface area contributed by atoms with Gasteiger partial charge < -0.3 is 9.47 Å². The Kier molecular flexibility index (Phi) is 8.53. The van der Waals surface area contributed by atoms with Gasteiger partial charge in [0, 0.05) is 13.1 Å². The van der Waals surface area contributed by atoms with Crippen molar-refractivity contribution in [2.24, 2.45) is 0 Å². The summed E-state index contributed by atoms with van der Waals surface area (Å²) in [5.41, 5.74) is 1.35. The third kappa shape index (κ3) is 7.18. The molecule has 3 rings (SSSR count). The van der Waals surface area contributed by atoms with Gasteiger partial charge in [0.2, 0.25) is 9.84 Å². The number of carbonyl (C=O) groups is 2. The van der Waals surface area contributed by atoms with Crippen molar-refractivity contribution < 1.29 is 27.5 Å². The number of nitrogens with zero attached hydrogens (tertiary/aromatic N) is 1. The molecule has 0 saturated carbocycles. The molecule has 0 heterocycles. The molecule has 8 heteroatoms. The number of amides is 1. The van der Waals surface area contributed by atoms with E-state index < -0.39 is 27.5 Å². The van der Waals surface area contributed by atoms with Crippen molar-refractivity contribution in [3.8, 4) is 0 Å². The Morgan fingerprint density at radius 3 is 1.78 bits per heavy atom. The molecule has 3 aromatic rings. The van der Waals surface area contributed by atoms with Crippen LogP contribution in [0.3, 0.4) is 0 Å². The molecule has 0 fully saturated rings. The first-order valence-electron chi connectivity index (χ1n) is 11.6. The molecular weight excluding hydrogens is 478 g/mol. The van der Waals surface area contributed by atoms with Gasteiger partial charge in [-0.1, -0.05) is 42.5 Å². The van der Waals surface area contributed by atoms with Crippen LogP contribution in [0.2, 0.25) is 0 Å². The maximum Gasteiger partial charge on any atom is 0.410 e. The fourth-order valence-corrected chi connectivity index (χ4v) is 4.69. The zero-order valence-electron chi connectivity index (χ0n) is 20.9. The number of benzene rings is 3. The van der Waals surface area contributed by atoms with E-state index in [0.29, 0.717) is 6.54 Å². The van der Waals surface area contributed by atoms with E-state index in [2.05, 4.69) is 0 Å². The second-order valence-corrected chi connectivity index (χ2v) is 11.2. The summed E-state index contributed by atoms with van der Waals surface area (Å²) in [5.74, 6) is -0.504. The summed E-state index contributed by atoms with van der Waals surface area (Å²) in [5, 5.41) is 0. The van der Waals surface area contributed by atoms with E-state index in [-0.39, 0.29) is 28.5 Å². The monoisotopic (exact) mass is 509 g/mol. The molecule has 0 unspecified atom stereocenters. The van der Waals surface area contributed by atoms with Crippen molar-refractivity contribution in [3.05, 3.63) is 95.6 Å². The van der Waals surface area contributed by atoms with E-state index in [1.807, 2.05) is 51.1 Å². The minimum Gasteiger partial charge on any atom is -0.462 e. The van der Waals surface area contributed by atoms with Gasteiger partial charge >= 0.3 is 12.1 Å². The zero-order valence-corrected chi connectivity index (χ0v) is 21.7. The van der Waals surface area contributed by atoms with Crippen molar-refractivity contribution in [2.45, 2.75) is 56.2 Å². The molecule has 36 heavy (non-hydrogen) atoms. The van der Waals surface area contributed by atoms with E-state index in [4.69, 9.17) is 9.47 Å². The molecule has 0 aromatic heterocycles. The lowest BCUT2D eigenvalue weighted by molar-refractivity contribution is 0.0216. The minimum atomic E-state index is -3.79. The van der Waals surface area contributed by atoms with Gasteiger partial charge in [-0.05, 0) is 75.2 Å². The average Bonchev–Trinajstić information content (AvgIpc) is 2.84. The predicted octanol–water partition coefficient (Wildman–Crippen LogP) is 5.63. The first kappa shape index (κ1) is 26.9. The standard InChI is InChI=1S/C28H31NO6S/c1-5-34-26(30)23-13-17-25(18-14-23)36(32,33)24-15-11-22(12-16-24)20-29(27(31)35-28(2,3)4)19-21-9-7-6-8-10-21/h6-18H,5,19-20H2,1-4H3. The summed E-state index contributed by atoms with van der Waals surface area (Å²) >= 11 is 0. The molecule has 0 aliphatic carbocycles.